The quantitative estimate of drug-likeness (QED) is 0.712. The van der Waals surface area contributed by atoms with Crippen LogP contribution >= 0.6 is 0 Å². The standard InChI is InChI=1S/C13H23NO/c1-10(11-5-3-6-11)14(2)12-7-4-8-13(15)9-12/h10-12H,3-9H2,1-2H3. The van der Waals surface area contributed by atoms with E-state index in [2.05, 4.69) is 18.9 Å². The van der Waals surface area contributed by atoms with Gasteiger partial charge in [0, 0.05) is 24.9 Å². The monoisotopic (exact) mass is 209 g/mol. The zero-order valence-electron chi connectivity index (χ0n) is 10.0. The molecular formula is C13H23NO. The van der Waals surface area contributed by atoms with Gasteiger partial charge < -0.3 is 4.90 Å². The van der Waals surface area contributed by atoms with Gasteiger partial charge in [-0.3, -0.25) is 4.79 Å². The van der Waals surface area contributed by atoms with E-state index in [0.29, 0.717) is 17.9 Å². The van der Waals surface area contributed by atoms with Gasteiger partial charge in [-0.1, -0.05) is 6.42 Å². The van der Waals surface area contributed by atoms with Gasteiger partial charge in [0.2, 0.25) is 0 Å². The zero-order chi connectivity index (χ0) is 10.8. The molecule has 0 heterocycles. The summed E-state index contributed by atoms with van der Waals surface area (Å²) in [7, 11) is 2.21. The molecule has 2 rings (SSSR count). The van der Waals surface area contributed by atoms with Gasteiger partial charge in [-0.2, -0.15) is 0 Å². The van der Waals surface area contributed by atoms with E-state index in [0.717, 1.165) is 25.2 Å². The van der Waals surface area contributed by atoms with E-state index in [1.165, 1.54) is 25.7 Å². The first-order valence-electron chi connectivity index (χ1n) is 6.42. The lowest BCUT2D eigenvalue weighted by Gasteiger charge is -2.42. The van der Waals surface area contributed by atoms with Gasteiger partial charge in [0.05, 0.1) is 0 Å². The van der Waals surface area contributed by atoms with Crippen molar-refractivity contribution in [2.75, 3.05) is 7.05 Å². The number of hydrogen-bond acceptors (Lipinski definition) is 2. The van der Waals surface area contributed by atoms with Crippen LogP contribution in [0.5, 0.6) is 0 Å². The highest BCUT2D eigenvalue weighted by Crippen LogP contribution is 2.33. The van der Waals surface area contributed by atoms with Gasteiger partial charge in [-0.05, 0) is 45.6 Å². The SMILES string of the molecule is CC(C1CCC1)N(C)C1CCCC(=O)C1. The number of ketones is 1. The van der Waals surface area contributed by atoms with Crippen LogP contribution in [0.3, 0.4) is 0 Å². The average molecular weight is 209 g/mol. The fourth-order valence-electron chi connectivity index (χ4n) is 2.94. The Morgan fingerprint density at radius 2 is 2.00 bits per heavy atom. The highest BCUT2D eigenvalue weighted by Gasteiger charge is 2.31. The molecule has 0 radical (unpaired) electrons. The minimum atomic E-state index is 0.471. The highest BCUT2D eigenvalue weighted by molar-refractivity contribution is 5.79. The lowest BCUT2D eigenvalue weighted by atomic mass is 9.79. The van der Waals surface area contributed by atoms with Crippen LogP contribution in [-0.4, -0.2) is 29.8 Å². The Kier molecular flexibility index (Phi) is 3.45. The number of nitrogens with zero attached hydrogens (tertiary/aromatic N) is 1. The van der Waals surface area contributed by atoms with E-state index in [4.69, 9.17) is 0 Å². The van der Waals surface area contributed by atoms with E-state index in [9.17, 15) is 4.79 Å². The molecule has 0 aromatic carbocycles. The Bertz CT molecular complexity index is 235. The number of carbonyl (C=O) groups is 1. The van der Waals surface area contributed by atoms with Crippen molar-refractivity contribution in [3.05, 3.63) is 0 Å². The van der Waals surface area contributed by atoms with E-state index >= 15 is 0 Å². The summed E-state index contributed by atoms with van der Waals surface area (Å²) in [5.74, 6) is 1.37. The van der Waals surface area contributed by atoms with E-state index in [1.807, 2.05) is 0 Å². The van der Waals surface area contributed by atoms with E-state index in [-0.39, 0.29) is 0 Å². The number of Topliss-reactive ketones (excluding diaryl/α,β-unsaturated/α-hetero) is 1. The topological polar surface area (TPSA) is 20.3 Å². The summed E-state index contributed by atoms with van der Waals surface area (Å²) in [6, 6.07) is 1.21. The number of hydrogen-bond donors (Lipinski definition) is 0. The number of rotatable bonds is 3. The third-order valence-corrected chi connectivity index (χ3v) is 4.51. The van der Waals surface area contributed by atoms with Crippen LogP contribution in [0.1, 0.15) is 51.9 Å². The van der Waals surface area contributed by atoms with Crippen LogP contribution in [0.25, 0.3) is 0 Å². The lowest BCUT2D eigenvalue weighted by Crippen LogP contribution is -2.46. The predicted octanol–water partition coefficient (Wildman–Crippen LogP) is 2.62. The first-order chi connectivity index (χ1) is 7.18. The molecule has 86 valence electrons. The molecule has 2 heteroatoms. The second kappa shape index (κ2) is 4.65. The third-order valence-electron chi connectivity index (χ3n) is 4.51. The third kappa shape index (κ3) is 2.41. The molecule has 0 aromatic rings. The van der Waals surface area contributed by atoms with Crippen LogP contribution in [0.2, 0.25) is 0 Å². The zero-order valence-corrected chi connectivity index (χ0v) is 10.0. The molecule has 2 aliphatic rings. The fourth-order valence-corrected chi connectivity index (χ4v) is 2.94. The molecule has 2 atom stereocenters. The van der Waals surface area contributed by atoms with E-state index < -0.39 is 0 Å². The molecule has 2 nitrogen and oxygen atoms in total. The molecule has 2 saturated carbocycles. The fraction of sp³-hybridized carbons (Fsp3) is 0.923. The smallest absolute Gasteiger partial charge is 0.134 e. The Labute approximate surface area is 93.0 Å². The van der Waals surface area contributed by atoms with Crippen molar-refractivity contribution < 1.29 is 4.79 Å². The van der Waals surface area contributed by atoms with Crippen molar-refractivity contribution in [1.29, 1.82) is 0 Å². The lowest BCUT2D eigenvalue weighted by molar-refractivity contribution is -0.122. The molecule has 0 N–H and O–H groups in total. The van der Waals surface area contributed by atoms with Crippen LogP contribution in [0.4, 0.5) is 0 Å². The maximum atomic E-state index is 11.4. The molecule has 2 aliphatic carbocycles. The molecule has 0 bridgehead atoms. The molecule has 0 spiro atoms. The summed E-state index contributed by atoms with van der Waals surface area (Å²) >= 11 is 0. The van der Waals surface area contributed by atoms with Crippen molar-refractivity contribution in [3.63, 3.8) is 0 Å². The van der Waals surface area contributed by atoms with Gasteiger partial charge >= 0.3 is 0 Å². The molecule has 15 heavy (non-hydrogen) atoms. The first-order valence-corrected chi connectivity index (χ1v) is 6.42. The second-order valence-electron chi connectivity index (χ2n) is 5.39. The van der Waals surface area contributed by atoms with Crippen molar-refractivity contribution >= 4 is 5.78 Å². The molecule has 0 aromatic heterocycles. The maximum Gasteiger partial charge on any atom is 0.134 e. The Morgan fingerprint density at radius 3 is 2.53 bits per heavy atom. The predicted molar refractivity (Wildman–Crippen MR) is 61.8 cm³/mol. The summed E-state index contributed by atoms with van der Waals surface area (Å²) in [4.78, 5) is 13.9. The molecule has 2 unspecified atom stereocenters. The summed E-state index contributed by atoms with van der Waals surface area (Å²) < 4.78 is 0. The Morgan fingerprint density at radius 1 is 1.27 bits per heavy atom. The maximum absolute atomic E-state index is 11.4. The van der Waals surface area contributed by atoms with Gasteiger partial charge in [0.25, 0.3) is 0 Å². The molecule has 0 saturated heterocycles. The minimum absolute atomic E-state index is 0.471. The average Bonchev–Trinajstić information content (AvgIpc) is 2.14. The van der Waals surface area contributed by atoms with Gasteiger partial charge in [-0.25, -0.2) is 0 Å². The minimum Gasteiger partial charge on any atom is -0.300 e. The van der Waals surface area contributed by atoms with Gasteiger partial charge in [-0.15, -0.1) is 0 Å². The summed E-state index contributed by atoms with van der Waals surface area (Å²) in [5, 5.41) is 0. The van der Waals surface area contributed by atoms with Crippen molar-refractivity contribution in [2.45, 2.75) is 64.0 Å². The summed E-state index contributed by atoms with van der Waals surface area (Å²) in [5.41, 5.74) is 0. The van der Waals surface area contributed by atoms with E-state index in [1.54, 1.807) is 0 Å². The first kappa shape index (κ1) is 11.1. The van der Waals surface area contributed by atoms with Crippen LogP contribution < -0.4 is 0 Å². The van der Waals surface area contributed by atoms with Crippen LogP contribution in [-0.2, 0) is 4.79 Å². The van der Waals surface area contributed by atoms with Crippen LogP contribution in [0, 0.1) is 5.92 Å². The molecular weight excluding hydrogens is 186 g/mol. The van der Waals surface area contributed by atoms with Crippen molar-refractivity contribution in [1.82, 2.24) is 4.90 Å². The largest absolute Gasteiger partial charge is 0.300 e. The Hall–Kier alpha value is -0.370. The normalized spacial score (nSPS) is 30.3. The van der Waals surface area contributed by atoms with Gasteiger partial charge in [0.1, 0.15) is 5.78 Å². The van der Waals surface area contributed by atoms with Crippen molar-refractivity contribution in [2.24, 2.45) is 5.92 Å². The van der Waals surface area contributed by atoms with Gasteiger partial charge in [0.15, 0.2) is 0 Å². The molecule has 0 amide bonds. The summed E-state index contributed by atoms with van der Waals surface area (Å²) in [6.07, 6.45) is 8.14. The second-order valence-corrected chi connectivity index (χ2v) is 5.39. The Balaban J connectivity index is 1.87. The number of carbonyl (C=O) groups excluding carboxylic acids is 1. The molecule has 2 fully saturated rings. The molecule has 0 aliphatic heterocycles. The highest BCUT2D eigenvalue weighted by atomic mass is 16.1. The van der Waals surface area contributed by atoms with Crippen LogP contribution in [0.15, 0.2) is 0 Å². The van der Waals surface area contributed by atoms with Crippen molar-refractivity contribution in [3.8, 4) is 0 Å². The summed E-state index contributed by atoms with van der Waals surface area (Å²) in [6.45, 7) is 2.34.